The first-order valence-corrected chi connectivity index (χ1v) is 8.63. The number of carbonyl (C=O) groups excluding carboxylic acids is 1. The molecule has 138 valence electrons. The zero-order chi connectivity index (χ0) is 18.8. The van der Waals surface area contributed by atoms with Gasteiger partial charge in [-0.2, -0.15) is 5.26 Å². The van der Waals surface area contributed by atoms with E-state index in [-0.39, 0.29) is 12.7 Å². The van der Waals surface area contributed by atoms with Crippen LogP contribution in [0.2, 0.25) is 0 Å². The van der Waals surface area contributed by atoms with Crippen LogP contribution in [0.5, 0.6) is 0 Å². The van der Waals surface area contributed by atoms with Gasteiger partial charge in [0.05, 0.1) is 37.6 Å². The molecule has 9 heteroatoms. The number of hydrogen-bond donors (Lipinski definition) is 2. The van der Waals surface area contributed by atoms with Crippen LogP contribution in [0.3, 0.4) is 0 Å². The van der Waals surface area contributed by atoms with Crippen molar-refractivity contribution in [3.05, 3.63) is 35.5 Å². The van der Waals surface area contributed by atoms with E-state index >= 15 is 0 Å². The van der Waals surface area contributed by atoms with E-state index in [4.69, 9.17) is 9.84 Å². The molecule has 0 radical (unpaired) electrons. The molecule has 3 heterocycles. The number of aromatic nitrogens is 2. The van der Waals surface area contributed by atoms with Crippen molar-refractivity contribution in [1.29, 1.82) is 5.26 Å². The maximum Gasteiger partial charge on any atom is 0.414 e. The molecule has 2 aromatic rings. The highest BCUT2D eigenvalue weighted by Crippen LogP contribution is 2.33. The number of aliphatic hydroxyl groups is 1. The summed E-state index contributed by atoms with van der Waals surface area (Å²) in [6.45, 7) is 2.05. The number of anilines is 2. The lowest BCUT2D eigenvalue weighted by Crippen LogP contribution is -2.23. The van der Waals surface area contributed by atoms with Crippen LogP contribution in [-0.4, -0.2) is 52.4 Å². The Hall–Kier alpha value is -3.38. The van der Waals surface area contributed by atoms with Gasteiger partial charge in [-0.05, 0) is 12.1 Å². The van der Waals surface area contributed by atoms with Crippen molar-refractivity contribution in [3.63, 3.8) is 0 Å². The molecule has 2 aliphatic heterocycles. The molecule has 0 atom stereocenters. The third kappa shape index (κ3) is 3.22. The third-order valence-electron chi connectivity index (χ3n) is 4.51. The lowest BCUT2D eigenvalue weighted by Gasteiger charge is -2.15. The zero-order valence-corrected chi connectivity index (χ0v) is 14.6. The highest BCUT2D eigenvalue weighted by molar-refractivity contribution is 5.90. The topological polar surface area (TPSA) is 115 Å². The molecule has 2 aliphatic rings. The summed E-state index contributed by atoms with van der Waals surface area (Å²) in [5, 5.41) is 21.3. The molecule has 0 unspecified atom stereocenters. The Balaban J connectivity index is 1.76. The molecule has 1 aromatic heterocycles. The molecule has 1 fully saturated rings. The van der Waals surface area contributed by atoms with Crippen LogP contribution >= 0.6 is 0 Å². The van der Waals surface area contributed by atoms with Crippen LogP contribution in [0.4, 0.5) is 16.4 Å². The largest absolute Gasteiger partial charge is 0.447 e. The van der Waals surface area contributed by atoms with Gasteiger partial charge in [-0.15, -0.1) is 0 Å². The number of benzene rings is 1. The zero-order valence-electron chi connectivity index (χ0n) is 14.6. The molecule has 0 saturated carbocycles. The van der Waals surface area contributed by atoms with Gasteiger partial charge in [0.25, 0.3) is 0 Å². The SMILES string of the molecule is N#CN1Cc2nc(NCCO)nc(-c3cccc(N4CCOC4=O)c3)c2C1. The number of amides is 1. The summed E-state index contributed by atoms with van der Waals surface area (Å²) in [7, 11) is 0. The van der Waals surface area contributed by atoms with Crippen LogP contribution in [0.1, 0.15) is 11.3 Å². The minimum absolute atomic E-state index is 0.0351. The van der Waals surface area contributed by atoms with Crippen molar-refractivity contribution >= 4 is 17.7 Å². The van der Waals surface area contributed by atoms with Crippen LogP contribution < -0.4 is 10.2 Å². The second-order valence-corrected chi connectivity index (χ2v) is 6.24. The highest BCUT2D eigenvalue weighted by Gasteiger charge is 2.27. The van der Waals surface area contributed by atoms with Gasteiger partial charge in [0.1, 0.15) is 6.61 Å². The number of fused-ring (bicyclic) bond motifs is 1. The molecule has 1 aromatic carbocycles. The van der Waals surface area contributed by atoms with E-state index in [0.29, 0.717) is 44.4 Å². The summed E-state index contributed by atoms with van der Waals surface area (Å²) in [4.78, 5) is 24.1. The van der Waals surface area contributed by atoms with Crippen LogP contribution in [-0.2, 0) is 17.8 Å². The van der Waals surface area contributed by atoms with E-state index in [1.165, 1.54) is 0 Å². The number of cyclic esters (lactones) is 1. The third-order valence-corrected chi connectivity index (χ3v) is 4.51. The van der Waals surface area contributed by atoms with Crippen molar-refractivity contribution in [2.24, 2.45) is 0 Å². The normalized spacial score (nSPS) is 15.5. The summed E-state index contributed by atoms with van der Waals surface area (Å²) >= 11 is 0. The van der Waals surface area contributed by atoms with E-state index < -0.39 is 0 Å². The van der Waals surface area contributed by atoms with Gasteiger partial charge in [-0.1, -0.05) is 12.1 Å². The number of ether oxygens (including phenoxy) is 1. The first-order chi connectivity index (χ1) is 13.2. The van der Waals surface area contributed by atoms with Crippen LogP contribution in [0.25, 0.3) is 11.3 Å². The van der Waals surface area contributed by atoms with Crippen molar-refractivity contribution < 1.29 is 14.6 Å². The van der Waals surface area contributed by atoms with Gasteiger partial charge >= 0.3 is 6.09 Å². The Morgan fingerprint density at radius 2 is 2.22 bits per heavy atom. The minimum Gasteiger partial charge on any atom is -0.447 e. The van der Waals surface area contributed by atoms with Gasteiger partial charge in [0, 0.05) is 23.4 Å². The average molecular weight is 366 g/mol. The lowest BCUT2D eigenvalue weighted by molar-refractivity contribution is 0.181. The molecule has 4 rings (SSSR count). The fraction of sp³-hybridized carbons (Fsp3) is 0.333. The summed E-state index contributed by atoms with van der Waals surface area (Å²) in [5.74, 6) is 0.406. The number of aliphatic hydroxyl groups excluding tert-OH is 1. The van der Waals surface area contributed by atoms with Gasteiger partial charge in [0.2, 0.25) is 5.95 Å². The Kier molecular flexibility index (Phi) is 4.48. The Morgan fingerprint density at radius 3 is 2.96 bits per heavy atom. The fourth-order valence-corrected chi connectivity index (χ4v) is 3.26. The van der Waals surface area contributed by atoms with Gasteiger partial charge in [-0.25, -0.2) is 14.8 Å². The first kappa shape index (κ1) is 17.1. The number of nitrogens with zero attached hydrogens (tertiary/aromatic N) is 5. The molecule has 0 spiro atoms. The molecule has 2 N–H and O–H groups in total. The van der Waals surface area contributed by atoms with E-state index in [1.54, 1.807) is 9.80 Å². The Bertz CT molecular complexity index is 926. The number of carbonyl (C=O) groups is 1. The maximum absolute atomic E-state index is 11.9. The van der Waals surface area contributed by atoms with Gasteiger partial charge < -0.3 is 20.1 Å². The van der Waals surface area contributed by atoms with Crippen molar-refractivity contribution in [2.75, 3.05) is 36.5 Å². The summed E-state index contributed by atoms with van der Waals surface area (Å²) in [6.07, 6.45) is 1.79. The van der Waals surface area contributed by atoms with Crippen molar-refractivity contribution in [1.82, 2.24) is 14.9 Å². The predicted octanol–water partition coefficient (Wildman–Crippen LogP) is 1.30. The smallest absolute Gasteiger partial charge is 0.414 e. The van der Waals surface area contributed by atoms with E-state index in [0.717, 1.165) is 22.5 Å². The number of rotatable bonds is 5. The lowest BCUT2D eigenvalue weighted by atomic mass is 10.0. The van der Waals surface area contributed by atoms with E-state index in [1.807, 2.05) is 24.3 Å². The quantitative estimate of drug-likeness (QED) is 0.761. The molecule has 0 bridgehead atoms. The maximum atomic E-state index is 11.9. The van der Waals surface area contributed by atoms with Crippen LogP contribution in [0, 0.1) is 11.5 Å². The molecular formula is C18H18N6O3. The second kappa shape index (κ2) is 7.09. The number of nitrogens with one attached hydrogen (secondary N) is 1. The molecule has 0 aliphatic carbocycles. The fourth-order valence-electron chi connectivity index (χ4n) is 3.26. The van der Waals surface area contributed by atoms with E-state index in [2.05, 4.69) is 21.5 Å². The summed E-state index contributed by atoms with van der Waals surface area (Å²) < 4.78 is 5.02. The molecule has 1 saturated heterocycles. The molecule has 9 nitrogen and oxygen atoms in total. The van der Waals surface area contributed by atoms with E-state index in [9.17, 15) is 10.1 Å². The molecule has 27 heavy (non-hydrogen) atoms. The van der Waals surface area contributed by atoms with Gasteiger partial charge in [-0.3, -0.25) is 4.90 Å². The number of hydrogen-bond acceptors (Lipinski definition) is 8. The Labute approximate surface area is 155 Å². The predicted molar refractivity (Wildman–Crippen MR) is 96.6 cm³/mol. The summed E-state index contributed by atoms with van der Waals surface area (Å²) in [6, 6.07) is 7.52. The standard InChI is InChI=1S/C18H18N6O3/c19-11-23-9-14-15(10-23)21-17(20-4-6-25)22-16(14)12-2-1-3-13(8-12)24-5-7-27-18(24)26/h1-3,8,25H,4-7,9-10H2,(H,20,21,22). The Morgan fingerprint density at radius 1 is 1.33 bits per heavy atom. The first-order valence-electron chi connectivity index (χ1n) is 8.63. The summed E-state index contributed by atoms with van der Waals surface area (Å²) in [5.41, 5.74) is 3.97. The van der Waals surface area contributed by atoms with Crippen LogP contribution in [0.15, 0.2) is 24.3 Å². The van der Waals surface area contributed by atoms with Crippen molar-refractivity contribution in [3.8, 4) is 17.5 Å². The second-order valence-electron chi connectivity index (χ2n) is 6.24. The molecular weight excluding hydrogens is 348 g/mol. The average Bonchev–Trinajstić information content (AvgIpc) is 3.31. The monoisotopic (exact) mass is 366 g/mol. The minimum atomic E-state index is -0.360. The number of nitriles is 1. The van der Waals surface area contributed by atoms with Crippen molar-refractivity contribution in [2.45, 2.75) is 13.1 Å². The molecule has 1 amide bonds. The highest BCUT2D eigenvalue weighted by atomic mass is 16.6. The van der Waals surface area contributed by atoms with Gasteiger partial charge in [0.15, 0.2) is 6.19 Å².